The van der Waals surface area contributed by atoms with Crippen LogP contribution in [0.15, 0.2) is 36.4 Å². The molecule has 1 aromatic rings. The van der Waals surface area contributed by atoms with Gasteiger partial charge in [-0.25, -0.2) is 4.42 Å². The van der Waals surface area contributed by atoms with Gasteiger partial charge in [0.15, 0.2) is 0 Å². The van der Waals surface area contributed by atoms with Crippen LogP contribution in [0.3, 0.4) is 0 Å². The number of hydrogen-bond acceptors (Lipinski definition) is 1. The van der Waals surface area contributed by atoms with Gasteiger partial charge in [-0.2, -0.15) is 0 Å². The van der Waals surface area contributed by atoms with Crippen LogP contribution < -0.4 is 0 Å². The summed E-state index contributed by atoms with van der Waals surface area (Å²) < 4.78 is 1.81. The predicted molar refractivity (Wildman–Crippen MR) is 56.5 cm³/mol. The zero-order valence-electron chi connectivity index (χ0n) is 7.41. The highest BCUT2D eigenvalue weighted by Crippen LogP contribution is 2.22. The van der Waals surface area contributed by atoms with Crippen LogP contribution in [-0.2, 0) is 0 Å². The summed E-state index contributed by atoms with van der Waals surface area (Å²) in [4.78, 5) is 0. The molecule has 0 atom stereocenters. The first-order valence-corrected chi connectivity index (χ1v) is 4.85. The molecule has 13 heavy (non-hydrogen) atoms. The highest BCUT2D eigenvalue weighted by Gasteiger charge is 2.09. The lowest BCUT2D eigenvalue weighted by Gasteiger charge is -2.19. The first-order chi connectivity index (χ1) is 6.36. The predicted octanol–water partition coefficient (Wildman–Crippen LogP) is 2.93. The minimum Gasteiger partial charge on any atom is -0.216 e. The number of rotatable bonds is 1. The fourth-order valence-corrected chi connectivity index (χ4v) is 1.71. The maximum Gasteiger partial charge on any atom is 0.0325 e. The van der Waals surface area contributed by atoms with Gasteiger partial charge in [0.05, 0.1) is 0 Å². The van der Waals surface area contributed by atoms with Gasteiger partial charge in [-0.1, -0.05) is 36.4 Å². The molecule has 1 aliphatic heterocycles. The number of halogens is 1. The zero-order valence-corrected chi connectivity index (χ0v) is 8.17. The summed E-state index contributed by atoms with van der Waals surface area (Å²) in [5.41, 5.74) is 2.74. The Morgan fingerprint density at radius 3 is 2.54 bits per heavy atom. The molecule has 2 rings (SSSR count). The first kappa shape index (κ1) is 8.79. The summed E-state index contributed by atoms with van der Waals surface area (Å²) in [7, 11) is 0. The summed E-state index contributed by atoms with van der Waals surface area (Å²) in [6.07, 6.45) is 3.25. The summed E-state index contributed by atoms with van der Waals surface area (Å²) >= 11 is 5.86. The summed E-state index contributed by atoms with van der Waals surface area (Å²) in [6.45, 7) is 1.80. The van der Waals surface area contributed by atoms with E-state index in [1.54, 1.807) is 0 Å². The molecule has 0 radical (unpaired) electrons. The Balaban J connectivity index is 2.19. The van der Waals surface area contributed by atoms with Crippen LogP contribution in [0.2, 0.25) is 0 Å². The molecule has 1 aliphatic rings. The molecule has 0 aliphatic carbocycles. The van der Waals surface area contributed by atoms with E-state index >= 15 is 0 Å². The van der Waals surface area contributed by atoms with Gasteiger partial charge in [0.1, 0.15) is 0 Å². The van der Waals surface area contributed by atoms with Crippen LogP contribution in [0.1, 0.15) is 12.0 Å². The van der Waals surface area contributed by atoms with Crippen molar-refractivity contribution in [2.24, 2.45) is 0 Å². The van der Waals surface area contributed by atoms with Gasteiger partial charge in [-0.05, 0) is 29.3 Å². The van der Waals surface area contributed by atoms with Crippen LogP contribution in [-0.4, -0.2) is 17.5 Å². The first-order valence-electron chi connectivity index (χ1n) is 4.51. The Kier molecular flexibility index (Phi) is 2.67. The van der Waals surface area contributed by atoms with Gasteiger partial charge in [0, 0.05) is 13.1 Å². The Hall–Kier alpha value is -0.790. The molecule has 2 heteroatoms. The third-order valence-corrected chi connectivity index (χ3v) is 2.61. The monoisotopic (exact) mass is 193 g/mol. The molecule has 0 unspecified atom stereocenters. The van der Waals surface area contributed by atoms with Crippen molar-refractivity contribution in [2.75, 3.05) is 13.1 Å². The topological polar surface area (TPSA) is 3.24 Å². The second-order valence-corrected chi connectivity index (χ2v) is 3.69. The molecule has 0 bridgehead atoms. The van der Waals surface area contributed by atoms with Gasteiger partial charge in [0.2, 0.25) is 0 Å². The largest absolute Gasteiger partial charge is 0.216 e. The molecule has 1 nitrogen and oxygen atoms in total. The lowest BCUT2D eigenvalue weighted by Crippen LogP contribution is -2.18. The highest BCUT2D eigenvalue weighted by molar-refractivity contribution is 6.13. The number of benzene rings is 1. The van der Waals surface area contributed by atoms with Crippen molar-refractivity contribution in [1.82, 2.24) is 4.42 Å². The Morgan fingerprint density at radius 2 is 1.92 bits per heavy atom. The lowest BCUT2D eigenvalue weighted by atomic mass is 10.0. The van der Waals surface area contributed by atoms with E-state index in [9.17, 15) is 0 Å². The van der Waals surface area contributed by atoms with Gasteiger partial charge >= 0.3 is 0 Å². The molecule has 0 amide bonds. The zero-order chi connectivity index (χ0) is 9.10. The second-order valence-electron chi connectivity index (χ2n) is 3.21. The van der Waals surface area contributed by atoms with Gasteiger partial charge in [-0.15, -0.1) is 0 Å². The Labute approximate surface area is 83.7 Å². The minimum atomic E-state index is 0.853. The Bertz CT molecular complexity index is 305. The van der Waals surface area contributed by atoms with E-state index in [2.05, 4.69) is 30.3 Å². The van der Waals surface area contributed by atoms with Gasteiger partial charge in [0.25, 0.3) is 0 Å². The van der Waals surface area contributed by atoms with Gasteiger partial charge in [-0.3, -0.25) is 0 Å². The van der Waals surface area contributed by atoms with Crippen molar-refractivity contribution in [3.05, 3.63) is 42.0 Å². The molecular formula is C11H12ClN. The van der Waals surface area contributed by atoms with E-state index in [0.717, 1.165) is 19.5 Å². The SMILES string of the molecule is ClN1CC=C(c2ccccc2)CC1. The molecule has 0 spiro atoms. The fourth-order valence-electron chi connectivity index (χ4n) is 1.56. The maximum absolute atomic E-state index is 5.86. The third-order valence-electron chi connectivity index (χ3n) is 2.30. The van der Waals surface area contributed by atoms with Crippen molar-refractivity contribution in [2.45, 2.75) is 6.42 Å². The quantitative estimate of drug-likeness (QED) is 0.620. The van der Waals surface area contributed by atoms with Crippen molar-refractivity contribution >= 4 is 17.3 Å². The van der Waals surface area contributed by atoms with Crippen LogP contribution >= 0.6 is 11.8 Å². The Morgan fingerprint density at radius 1 is 1.15 bits per heavy atom. The van der Waals surface area contributed by atoms with E-state index in [1.165, 1.54) is 11.1 Å². The molecule has 0 fully saturated rings. The summed E-state index contributed by atoms with van der Waals surface area (Å²) in [5, 5.41) is 0. The third kappa shape index (κ3) is 2.11. The van der Waals surface area contributed by atoms with E-state index < -0.39 is 0 Å². The van der Waals surface area contributed by atoms with Crippen LogP contribution in [0.25, 0.3) is 5.57 Å². The second kappa shape index (κ2) is 3.95. The normalized spacial score (nSPS) is 18.4. The van der Waals surface area contributed by atoms with E-state index in [4.69, 9.17) is 11.8 Å². The maximum atomic E-state index is 5.86. The van der Waals surface area contributed by atoms with Crippen LogP contribution in [0.5, 0.6) is 0 Å². The van der Waals surface area contributed by atoms with Gasteiger partial charge < -0.3 is 0 Å². The molecular weight excluding hydrogens is 182 g/mol. The van der Waals surface area contributed by atoms with Crippen molar-refractivity contribution in [3.8, 4) is 0 Å². The molecule has 0 saturated carbocycles. The highest BCUT2D eigenvalue weighted by atomic mass is 35.5. The fraction of sp³-hybridized carbons (Fsp3) is 0.273. The lowest BCUT2D eigenvalue weighted by molar-refractivity contribution is 0.499. The summed E-state index contributed by atoms with van der Waals surface area (Å²) in [6, 6.07) is 10.5. The summed E-state index contributed by atoms with van der Waals surface area (Å²) in [5.74, 6) is 0. The molecule has 68 valence electrons. The van der Waals surface area contributed by atoms with Crippen LogP contribution in [0, 0.1) is 0 Å². The molecule has 0 aromatic heterocycles. The molecule has 1 heterocycles. The van der Waals surface area contributed by atoms with E-state index in [1.807, 2.05) is 10.5 Å². The average Bonchev–Trinajstić information content (AvgIpc) is 2.20. The molecule has 1 aromatic carbocycles. The number of nitrogens with zero attached hydrogens (tertiary/aromatic N) is 1. The number of hydrogen-bond donors (Lipinski definition) is 0. The van der Waals surface area contributed by atoms with Crippen molar-refractivity contribution in [1.29, 1.82) is 0 Å². The molecule has 0 saturated heterocycles. The van der Waals surface area contributed by atoms with E-state index in [-0.39, 0.29) is 0 Å². The standard InChI is InChI=1S/C11H12ClN/c12-13-8-6-11(7-9-13)10-4-2-1-3-5-10/h1-6H,7-9H2. The van der Waals surface area contributed by atoms with Crippen molar-refractivity contribution in [3.63, 3.8) is 0 Å². The van der Waals surface area contributed by atoms with Crippen molar-refractivity contribution < 1.29 is 0 Å². The molecule has 0 N–H and O–H groups in total. The van der Waals surface area contributed by atoms with E-state index in [0.29, 0.717) is 0 Å². The van der Waals surface area contributed by atoms with Crippen LogP contribution in [0.4, 0.5) is 0 Å². The average molecular weight is 194 g/mol. The smallest absolute Gasteiger partial charge is 0.0325 e. The minimum absolute atomic E-state index is 0.853.